The molecule has 17 heavy (non-hydrogen) atoms. The Bertz CT molecular complexity index is 382. The van der Waals surface area contributed by atoms with Crippen LogP contribution < -0.4 is 0 Å². The third-order valence-electron chi connectivity index (χ3n) is 3.31. The van der Waals surface area contributed by atoms with Crippen LogP contribution in [-0.4, -0.2) is 30.3 Å². The van der Waals surface area contributed by atoms with Gasteiger partial charge < -0.3 is 4.90 Å². The van der Waals surface area contributed by atoms with Crippen molar-refractivity contribution in [3.8, 4) is 0 Å². The molecule has 1 aromatic carbocycles. The van der Waals surface area contributed by atoms with Gasteiger partial charge in [-0.05, 0) is 38.1 Å². The van der Waals surface area contributed by atoms with Crippen molar-refractivity contribution in [2.75, 3.05) is 19.6 Å². The van der Waals surface area contributed by atoms with Crippen LogP contribution in [0.5, 0.6) is 0 Å². The molecule has 0 N–H and O–H groups in total. The second-order valence-electron chi connectivity index (χ2n) is 4.78. The summed E-state index contributed by atoms with van der Waals surface area (Å²) in [4.78, 5) is 14.6. The van der Waals surface area contributed by atoms with Crippen LogP contribution in [0.15, 0.2) is 28.7 Å². The molecule has 1 aromatic rings. The van der Waals surface area contributed by atoms with E-state index >= 15 is 0 Å². The van der Waals surface area contributed by atoms with Crippen LogP contribution in [0.1, 0.15) is 30.1 Å². The maximum atomic E-state index is 12.2. The van der Waals surface area contributed by atoms with E-state index in [1.807, 2.05) is 31.2 Å². The topological polar surface area (TPSA) is 20.3 Å². The number of hydrogen-bond donors (Lipinski definition) is 0. The average Bonchev–Trinajstić information content (AvgIpc) is 2.82. The maximum Gasteiger partial charge on any atom is 0.166 e. The van der Waals surface area contributed by atoms with Crippen LogP contribution >= 0.6 is 15.9 Å². The van der Waals surface area contributed by atoms with E-state index in [-0.39, 0.29) is 11.7 Å². The molecule has 1 fully saturated rings. The highest BCUT2D eigenvalue weighted by atomic mass is 79.9. The van der Waals surface area contributed by atoms with Crippen LogP contribution in [0.4, 0.5) is 0 Å². The largest absolute Gasteiger partial charge is 0.303 e. The fourth-order valence-corrected chi connectivity index (χ4v) is 2.60. The number of hydrogen-bond acceptors (Lipinski definition) is 2. The fraction of sp³-hybridized carbons (Fsp3) is 0.500. The predicted molar refractivity (Wildman–Crippen MR) is 73.3 cm³/mol. The molecule has 1 aliphatic rings. The standard InChI is InChI=1S/C14H18BrNO/c1-11(10-16-8-2-3-9-16)14(17)12-4-6-13(15)7-5-12/h4-7,11H,2-3,8-10H2,1H3. The summed E-state index contributed by atoms with van der Waals surface area (Å²) in [6.07, 6.45) is 2.55. The monoisotopic (exact) mass is 295 g/mol. The predicted octanol–water partition coefficient (Wildman–Crippen LogP) is 3.36. The van der Waals surface area contributed by atoms with E-state index in [1.54, 1.807) is 0 Å². The molecule has 2 nitrogen and oxygen atoms in total. The van der Waals surface area contributed by atoms with E-state index in [0.717, 1.165) is 29.7 Å². The lowest BCUT2D eigenvalue weighted by Crippen LogP contribution is -2.29. The SMILES string of the molecule is CC(CN1CCCC1)C(=O)c1ccc(Br)cc1. The first kappa shape index (κ1) is 12.8. The van der Waals surface area contributed by atoms with Crippen LogP contribution in [0.25, 0.3) is 0 Å². The van der Waals surface area contributed by atoms with Crippen LogP contribution in [0, 0.1) is 5.92 Å². The van der Waals surface area contributed by atoms with Crippen molar-refractivity contribution >= 4 is 21.7 Å². The van der Waals surface area contributed by atoms with E-state index in [4.69, 9.17) is 0 Å². The van der Waals surface area contributed by atoms with Crippen molar-refractivity contribution in [1.29, 1.82) is 0 Å². The van der Waals surface area contributed by atoms with Crippen LogP contribution in [0.3, 0.4) is 0 Å². The second kappa shape index (κ2) is 5.78. The summed E-state index contributed by atoms with van der Waals surface area (Å²) < 4.78 is 1.02. The Kier molecular flexibility index (Phi) is 4.35. The summed E-state index contributed by atoms with van der Waals surface area (Å²) in [6, 6.07) is 7.64. The highest BCUT2D eigenvalue weighted by Crippen LogP contribution is 2.16. The van der Waals surface area contributed by atoms with Gasteiger partial charge in [0.05, 0.1) is 0 Å². The molecule has 92 valence electrons. The summed E-state index contributed by atoms with van der Waals surface area (Å²) in [5.74, 6) is 0.346. The molecule has 0 radical (unpaired) electrons. The molecule has 0 spiro atoms. The Morgan fingerprint density at radius 2 is 1.88 bits per heavy atom. The number of ketones is 1. The molecule has 0 aromatic heterocycles. The Hall–Kier alpha value is -0.670. The number of Topliss-reactive ketones (excluding diaryl/α,β-unsaturated/α-hetero) is 1. The van der Waals surface area contributed by atoms with E-state index in [9.17, 15) is 4.79 Å². The van der Waals surface area contributed by atoms with Crippen molar-refractivity contribution in [3.63, 3.8) is 0 Å². The lowest BCUT2D eigenvalue weighted by atomic mass is 9.99. The minimum atomic E-state index is 0.0919. The second-order valence-corrected chi connectivity index (χ2v) is 5.70. The molecule has 0 bridgehead atoms. The smallest absolute Gasteiger partial charge is 0.166 e. The molecule has 0 saturated carbocycles. The Balaban J connectivity index is 1.96. The molecular weight excluding hydrogens is 278 g/mol. The zero-order chi connectivity index (χ0) is 12.3. The number of benzene rings is 1. The molecule has 0 aliphatic carbocycles. The van der Waals surface area contributed by atoms with Gasteiger partial charge in [-0.1, -0.05) is 35.0 Å². The highest BCUT2D eigenvalue weighted by Gasteiger charge is 2.20. The zero-order valence-corrected chi connectivity index (χ0v) is 11.7. The Labute approximate surface area is 111 Å². The van der Waals surface area contributed by atoms with E-state index in [1.165, 1.54) is 12.8 Å². The molecule has 3 heteroatoms. The summed E-state index contributed by atoms with van der Waals surface area (Å²) in [7, 11) is 0. The highest BCUT2D eigenvalue weighted by molar-refractivity contribution is 9.10. The molecule has 1 unspecified atom stereocenters. The van der Waals surface area contributed by atoms with Crippen molar-refractivity contribution in [2.45, 2.75) is 19.8 Å². The summed E-state index contributed by atoms with van der Waals surface area (Å²) in [6.45, 7) is 5.23. The van der Waals surface area contributed by atoms with Crippen LogP contribution in [0.2, 0.25) is 0 Å². The lowest BCUT2D eigenvalue weighted by molar-refractivity contribution is 0.0903. The third kappa shape index (κ3) is 3.39. The van der Waals surface area contributed by atoms with Gasteiger partial charge in [0.1, 0.15) is 0 Å². The van der Waals surface area contributed by atoms with Crippen LogP contribution in [-0.2, 0) is 0 Å². The zero-order valence-electron chi connectivity index (χ0n) is 10.2. The van der Waals surface area contributed by atoms with Gasteiger partial charge in [0, 0.05) is 22.5 Å². The van der Waals surface area contributed by atoms with Gasteiger partial charge in [-0.15, -0.1) is 0 Å². The van der Waals surface area contributed by atoms with Gasteiger partial charge >= 0.3 is 0 Å². The lowest BCUT2D eigenvalue weighted by Gasteiger charge is -2.19. The minimum absolute atomic E-state index is 0.0919. The van der Waals surface area contributed by atoms with Crippen molar-refractivity contribution in [2.24, 2.45) is 5.92 Å². The van der Waals surface area contributed by atoms with Crippen molar-refractivity contribution < 1.29 is 4.79 Å². The quantitative estimate of drug-likeness (QED) is 0.794. The van der Waals surface area contributed by atoms with E-state index in [0.29, 0.717) is 0 Å². The summed E-state index contributed by atoms with van der Waals surface area (Å²) >= 11 is 3.38. The Morgan fingerprint density at radius 3 is 2.47 bits per heavy atom. The van der Waals surface area contributed by atoms with E-state index < -0.39 is 0 Å². The van der Waals surface area contributed by atoms with Gasteiger partial charge in [-0.2, -0.15) is 0 Å². The summed E-state index contributed by atoms with van der Waals surface area (Å²) in [5.41, 5.74) is 0.819. The minimum Gasteiger partial charge on any atom is -0.303 e. The maximum absolute atomic E-state index is 12.2. The molecule has 1 aliphatic heterocycles. The Morgan fingerprint density at radius 1 is 1.29 bits per heavy atom. The first-order chi connectivity index (χ1) is 8.16. The molecule has 0 amide bonds. The molecule has 1 atom stereocenters. The number of nitrogens with zero attached hydrogens (tertiary/aromatic N) is 1. The number of carbonyl (C=O) groups is 1. The number of rotatable bonds is 4. The molecular formula is C14H18BrNO. The summed E-state index contributed by atoms with van der Waals surface area (Å²) in [5, 5.41) is 0. The first-order valence-corrected chi connectivity index (χ1v) is 6.98. The van der Waals surface area contributed by atoms with Gasteiger partial charge in [-0.25, -0.2) is 0 Å². The van der Waals surface area contributed by atoms with Gasteiger partial charge in [-0.3, -0.25) is 4.79 Å². The normalized spacial score (nSPS) is 18.2. The molecule has 1 heterocycles. The van der Waals surface area contributed by atoms with Gasteiger partial charge in [0.25, 0.3) is 0 Å². The first-order valence-electron chi connectivity index (χ1n) is 6.19. The van der Waals surface area contributed by atoms with Gasteiger partial charge in [0.2, 0.25) is 0 Å². The molecule has 2 rings (SSSR count). The average molecular weight is 296 g/mol. The number of carbonyl (C=O) groups excluding carboxylic acids is 1. The fourth-order valence-electron chi connectivity index (χ4n) is 2.33. The number of halogens is 1. The molecule has 1 saturated heterocycles. The van der Waals surface area contributed by atoms with Crippen molar-refractivity contribution in [3.05, 3.63) is 34.3 Å². The number of likely N-dealkylation sites (tertiary alicyclic amines) is 1. The van der Waals surface area contributed by atoms with Crippen molar-refractivity contribution in [1.82, 2.24) is 4.90 Å². The third-order valence-corrected chi connectivity index (χ3v) is 3.84. The van der Waals surface area contributed by atoms with Gasteiger partial charge in [0.15, 0.2) is 5.78 Å². The van der Waals surface area contributed by atoms with E-state index in [2.05, 4.69) is 20.8 Å².